The average Bonchev–Trinajstić information content (AvgIpc) is 1.94. The van der Waals surface area contributed by atoms with Crippen molar-refractivity contribution in [2.24, 2.45) is 0 Å². The molecule has 0 aliphatic rings. The predicted octanol–water partition coefficient (Wildman–Crippen LogP) is 2.77. The maximum Gasteiger partial charge on any atom is 0.574 e. The average molecular weight is 216 g/mol. The standard InChI is InChI=1S/C6H2ClF4NO/c7-4-2-1-3(8)5(12-4)13-6(9,10)11/h1-2H. The van der Waals surface area contributed by atoms with Crippen LogP contribution in [0.25, 0.3) is 0 Å². The highest BCUT2D eigenvalue weighted by atomic mass is 35.5. The first-order valence-corrected chi connectivity index (χ1v) is 3.34. The number of hydrogen-bond donors (Lipinski definition) is 0. The summed E-state index contributed by atoms with van der Waals surface area (Å²) in [5.74, 6) is -2.40. The Bertz CT molecular complexity index is 314. The van der Waals surface area contributed by atoms with Gasteiger partial charge in [-0.2, -0.15) is 4.98 Å². The van der Waals surface area contributed by atoms with Crippen molar-refractivity contribution in [2.75, 3.05) is 0 Å². The normalized spacial score (nSPS) is 11.5. The predicted molar refractivity (Wildman–Crippen MR) is 35.9 cm³/mol. The van der Waals surface area contributed by atoms with Gasteiger partial charge in [-0.15, -0.1) is 13.2 Å². The summed E-state index contributed by atoms with van der Waals surface area (Å²) in [6.45, 7) is 0. The summed E-state index contributed by atoms with van der Waals surface area (Å²) in [4.78, 5) is 3.01. The summed E-state index contributed by atoms with van der Waals surface area (Å²) >= 11 is 5.22. The minimum atomic E-state index is -4.97. The van der Waals surface area contributed by atoms with Crippen molar-refractivity contribution in [3.8, 4) is 5.88 Å². The molecular weight excluding hydrogens is 214 g/mol. The largest absolute Gasteiger partial charge is 0.574 e. The van der Waals surface area contributed by atoms with Crippen molar-refractivity contribution in [2.45, 2.75) is 6.36 Å². The van der Waals surface area contributed by atoms with Gasteiger partial charge in [0.15, 0.2) is 5.82 Å². The Balaban J connectivity index is 2.94. The molecule has 0 radical (unpaired) electrons. The lowest BCUT2D eigenvalue weighted by molar-refractivity contribution is -0.277. The zero-order valence-corrected chi connectivity index (χ0v) is 6.66. The molecule has 0 aliphatic heterocycles. The van der Waals surface area contributed by atoms with Crippen LogP contribution in [-0.2, 0) is 0 Å². The fourth-order valence-corrected chi connectivity index (χ4v) is 0.722. The van der Waals surface area contributed by atoms with Gasteiger partial charge in [-0.1, -0.05) is 11.6 Å². The number of rotatable bonds is 1. The van der Waals surface area contributed by atoms with Crippen LogP contribution in [0, 0.1) is 5.82 Å². The Morgan fingerprint density at radius 3 is 2.46 bits per heavy atom. The van der Waals surface area contributed by atoms with Gasteiger partial charge >= 0.3 is 6.36 Å². The van der Waals surface area contributed by atoms with E-state index in [-0.39, 0.29) is 5.15 Å². The van der Waals surface area contributed by atoms with E-state index in [4.69, 9.17) is 11.6 Å². The maximum atomic E-state index is 12.6. The van der Waals surface area contributed by atoms with Gasteiger partial charge in [0.1, 0.15) is 5.15 Å². The van der Waals surface area contributed by atoms with Crippen LogP contribution in [-0.4, -0.2) is 11.3 Å². The summed E-state index contributed by atoms with van der Waals surface area (Å²) in [5.41, 5.74) is 0. The summed E-state index contributed by atoms with van der Waals surface area (Å²) < 4.78 is 50.5. The minimum absolute atomic E-state index is 0.277. The second-order valence-electron chi connectivity index (χ2n) is 1.97. The summed E-state index contributed by atoms with van der Waals surface area (Å²) in [6.07, 6.45) is -4.97. The van der Waals surface area contributed by atoms with Crippen LogP contribution >= 0.6 is 11.6 Å². The third kappa shape index (κ3) is 3.06. The second kappa shape index (κ2) is 3.37. The quantitative estimate of drug-likeness (QED) is 0.531. The number of alkyl halides is 3. The van der Waals surface area contributed by atoms with E-state index < -0.39 is 18.1 Å². The summed E-state index contributed by atoms with van der Waals surface area (Å²) in [7, 11) is 0. The number of hydrogen-bond acceptors (Lipinski definition) is 2. The molecule has 13 heavy (non-hydrogen) atoms. The van der Waals surface area contributed by atoms with E-state index in [1.54, 1.807) is 0 Å². The lowest BCUT2D eigenvalue weighted by Crippen LogP contribution is -2.18. The molecule has 0 spiro atoms. The van der Waals surface area contributed by atoms with Gasteiger partial charge in [0, 0.05) is 0 Å². The van der Waals surface area contributed by atoms with Gasteiger partial charge in [-0.3, -0.25) is 0 Å². The minimum Gasteiger partial charge on any atom is -0.385 e. The fraction of sp³-hybridized carbons (Fsp3) is 0.167. The molecule has 1 aromatic heterocycles. The molecule has 0 unspecified atom stereocenters. The van der Waals surface area contributed by atoms with Crippen molar-refractivity contribution < 1.29 is 22.3 Å². The Kier molecular flexibility index (Phi) is 2.60. The second-order valence-corrected chi connectivity index (χ2v) is 2.36. The number of aromatic nitrogens is 1. The van der Waals surface area contributed by atoms with Gasteiger partial charge in [-0.05, 0) is 12.1 Å². The summed E-state index contributed by atoms with van der Waals surface area (Å²) in [5, 5.41) is -0.277. The topological polar surface area (TPSA) is 22.1 Å². The highest BCUT2D eigenvalue weighted by Gasteiger charge is 2.33. The smallest absolute Gasteiger partial charge is 0.385 e. The molecular formula is C6H2ClF4NO. The Hall–Kier alpha value is -1.04. The van der Waals surface area contributed by atoms with Gasteiger partial charge in [-0.25, -0.2) is 4.39 Å². The van der Waals surface area contributed by atoms with E-state index in [0.29, 0.717) is 0 Å². The third-order valence-corrected chi connectivity index (χ3v) is 1.20. The van der Waals surface area contributed by atoms with Crippen LogP contribution in [0.4, 0.5) is 17.6 Å². The molecule has 0 saturated carbocycles. The van der Waals surface area contributed by atoms with E-state index in [9.17, 15) is 17.6 Å². The molecule has 0 N–H and O–H groups in total. The Morgan fingerprint density at radius 2 is 1.92 bits per heavy atom. The van der Waals surface area contributed by atoms with Crippen LogP contribution in [0.5, 0.6) is 5.88 Å². The zero-order chi connectivity index (χ0) is 10.1. The maximum absolute atomic E-state index is 12.6. The first-order valence-electron chi connectivity index (χ1n) is 2.96. The van der Waals surface area contributed by atoms with Gasteiger partial charge in [0.05, 0.1) is 0 Å². The molecule has 0 saturated heterocycles. The monoisotopic (exact) mass is 215 g/mol. The van der Waals surface area contributed by atoms with E-state index >= 15 is 0 Å². The molecule has 0 fully saturated rings. The highest BCUT2D eigenvalue weighted by molar-refractivity contribution is 6.29. The SMILES string of the molecule is Fc1ccc(Cl)nc1OC(F)(F)F. The molecule has 72 valence electrons. The zero-order valence-electron chi connectivity index (χ0n) is 5.90. The van der Waals surface area contributed by atoms with Crippen LogP contribution in [0.15, 0.2) is 12.1 Å². The van der Waals surface area contributed by atoms with Crippen LogP contribution < -0.4 is 4.74 Å². The molecule has 0 aliphatic carbocycles. The van der Waals surface area contributed by atoms with E-state index in [0.717, 1.165) is 12.1 Å². The van der Waals surface area contributed by atoms with Crippen molar-refractivity contribution >= 4 is 11.6 Å². The van der Waals surface area contributed by atoms with Crippen molar-refractivity contribution in [1.29, 1.82) is 0 Å². The first-order chi connectivity index (χ1) is 5.88. The molecule has 2 nitrogen and oxygen atoms in total. The van der Waals surface area contributed by atoms with Crippen LogP contribution in [0.2, 0.25) is 5.15 Å². The lowest BCUT2D eigenvalue weighted by atomic mass is 10.5. The number of halogens is 5. The lowest BCUT2D eigenvalue weighted by Gasteiger charge is -2.07. The van der Waals surface area contributed by atoms with Crippen molar-refractivity contribution in [3.05, 3.63) is 23.1 Å². The molecule has 0 aromatic carbocycles. The molecule has 1 aromatic rings. The van der Waals surface area contributed by atoms with Gasteiger partial charge < -0.3 is 4.74 Å². The van der Waals surface area contributed by atoms with Crippen molar-refractivity contribution in [1.82, 2.24) is 4.98 Å². The van der Waals surface area contributed by atoms with E-state index in [1.165, 1.54) is 0 Å². The van der Waals surface area contributed by atoms with Crippen LogP contribution in [0.3, 0.4) is 0 Å². The molecule has 0 amide bonds. The number of ether oxygens (including phenoxy) is 1. The molecule has 1 rings (SSSR count). The summed E-state index contributed by atoms with van der Waals surface area (Å²) in [6, 6.07) is 1.75. The fourth-order valence-electron chi connectivity index (χ4n) is 0.582. The highest BCUT2D eigenvalue weighted by Crippen LogP contribution is 2.24. The Morgan fingerprint density at radius 1 is 1.31 bits per heavy atom. The first kappa shape index (κ1) is 10.0. The van der Waals surface area contributed by atoms with Crippen molar-refractivity contribution in [3.63, 3.8) is 0 Å². The number of nitrogens with zero attached hydrogens (tertiary/aromatic N) is 1. The molecule has 0 bridgehead atoms. The number of pyridine rings is 1. The van der Waals surface area contributed by atoms with Gasteiger partial charge in [0.25, 0.3) is 5.88 Å². The van der Waals surface area contributed by atoms with E-state index in [2.05, 4.69) is 9.72 Å². The Labute approximate surface area is 75.1 Å². The third-order valence-electron chi connectivity index (χ3n) is 0.992. The molecule has 7 heteroatoms. The van der Waals surface area contributed by atoms with Crippen LogP contribution in [0.1, 0.15) is 0 Å². The molecule has 0 atom stereocenters. The van der Waals surface area contributed by atoms with E-state index in [1.807, 2.05) is 0 Å². The van der Waals surface area contributed by atoms with Gasteiger partial charge in [0.2, 0.25) is 0 Å². The molecule has 1 heterocycles.